The lowest BCUT2D eigenvalue weighted by atomic mass is 10.1. The number of benzene rings is 3. The number of hydrogen-bond donors (Lipinski definition) is 0. The molecule has 28 heavy (non-hydrogen) atoms. The molecule has 1 amide bonds. The van der Waals surface area contributed by atoms with Gasteiger partial charge in [-0.2, -0.15) is 0 Å². The van der Waals surface area contributed by atoms with Gasteiger partial charge in [0, 0.05) is 16.6 Å². The monoisotopic (exact) mass is 393 g/mol. The van der Waals surface area contributed by atoms with Crippen LogP contribution in [0.15, 0.2) is 77.7 Å². The molecule has 0 aliphatic rings. The summed E-state index contributed by atoms with van der Waals surface area (Å²) in [6.07, 6.45) is 0. The van der Waals surface area contributed by atoms with E-state index in [0.29, 0.717) is 0 Å². The van der Waals surface area contributed by atoms with Crippen molar-refractivity contribution in [2.24, 2.45) is 0 Å². The third-order valence-corrected chi connectivity index (χ3v) is 5.22. The second kappa shape index (κ2) is 9.42. The van der Waals surface area contributed by atoms with Gasteiger partial charge in [0.25, 0.3) is 5.91 Å². The highest BCUT2D eigenvalue weighted by Crippen LogP contribution is 2.23. The van der Waals surface area contributed by atoms with E-state index in [0.717, 1.165) is 21.4 Å². The van der Waals surface area contributed by atoms with E-state index in [1.165, 1.54) is 11.8 Å². The minimum Gasteiger partial charge on any atom is -0.455 e. The van der Waals surface area contributed by atoms with Crippen LogP contribution in [0.5, 0.6) is 0 Å². The van der Waals surface area contributed by atoms with Crippen molar-refractivity contribution in [1.29, 1.82) is 0 Å². The zero-order valence-corrected chi connectivity index (χ0v) is 16.8. The maximum Gasteiger partial charge on any atom is 0.316 e. The van der Waals surface area contributed by atoms with Crippen LogP contribution in [0.25, 0.3) is 10.8 Å². The van der Waals surface area contributed by atoms with Gasteiger partial charge in [0.05, 0.1) is 5.75 Å². The van der Waals surface area contributed by atoms with Crippen molar-refractivity contribution in [1.82, 2.24) is 0 Å². The lowest BCUT2D eigenvalue weighted by Gasteiger charge is -2.26. The summed E-state index contributed by atoms with van der Waals surface area (Å²) in [4.78, 5) is 27.3. The zero-order chi connectivity index (χ0) is 19.9. The topological polar surface area (TPSA) is 46.6 Å². The minimum absolute atomic E-state index is 0.0272. The lowest BCUT2D eigenvalue weighted by molar-refractivity contribution is -0.145. The molecular formula is C23H23NO3S. The zero-order valence-electron chi connectivity index (χ0n) is 16.0. The van der Waals surface area contributed by atoms with E-state index in [1.807, 2.05) is 80.6 Å². The molecular weight excluding hydrogens is 370 g/mol. The minimum atomic E-state index is -0.400. The number of ether oxygens (including phenoxy) is 1. The largest absolute Gasteiger partial charge is 0.455 e. The molecule has 0 spiro atoms. The second-order valence-electron chi connectivity index (χ2n) is 6.65. The number of amides is 1. The highest BCUT2D eigenvalue weighted by Gasteiger charge is 2.20. The van der Waals surface area contributed by atoms with Gasteiger partial charge in [-0.1, -0.05) is 48.5 Å². The van der Waals surface area contributed by atoms with Crippen molar-refractivity contribution in [3.05, 3.63) is 72.8 Å². The van der Waals surface area contributed by atoms with Gasteiger partial charge in [0.1, 0.15) is 0 Å². The molecule has 5 heteroatoms. The molecule has 0 radical (unpaired) electrons. The summed E-state index contributed by atoms with van der Waals surface area (Å²) < 4.78 is 5.21. The van der Waals surface area contributed by atoms with Gasteiger partial charge in [0.2, 0.25) is 0 Å². The van der Waals surface area contributed by atoms with Crippen molar-refractivity contribution >= 4 is 40.1 Å². The summed E-state index contributed by atoms with van der Waals surface area (Å²) in [6, 6.07) is 23.5. The molecule has 0 aliphatic heterocycles. The number of esters is 1. The molecule has 0 unspecified atom stereocenters. The molecule has 0 aromatic heterocycles. The predicted octanol–water partition coefficient (Wildman–Crippen LogP) is 4.92. The van der Waals surface area contributed by atoms with Crippen LogP contribution in [-0.2, 0) is 14.3 Å². The van der Waals surface area contributed by atoms with Crippen LogP contribution in [0.1, 0.15) is 13.8 Å². The molecule has 4 nitrogen and oxygen atoms in total. The SMILES string of the molecule is CC(C)N(C(=O)COC(=O)CSc1ccc2ccccc2c1)c1ccccc1. The summed E-state index contributed by atoms with van der Waals surface area (Å²) >= 11 is 1.41. The highest BCUT2D eigenvalue weighted by atomic mass is 32.2. The van der Waals surface area contributed by atoms with E-state index in [-0.39, 0.29) is 24.3 Å². The van der Waals surface area contributed by atoms with Crippen LogP contribution in [0.4, 0.5) is 5.69 Å². The Labute approximate surface area is 169 Å². The Balaban J connectivity index is 1.53. The van der Waals surface area contributed by atoms with Gasteiger partial charge in [-0.3, -0.25) is 9.59 Å². The van der Waals surface area contributed by atoms with Crippen molar-refractivity contribution in [2.75, 3.05) is 17.3 Å². The van der Waals surface area contributed by atoms with Gasteiger partial charge in [-0.15, -0.1) is 11.8 Å². The fourth-order valence-corrected chi connectivity index (χ4v) is 3.71. The van der Waals surface area contributed by atoms with Crippen molar-refractivity contribution < 1.29 is 14.3 Å². The molecule has 0 saturated carbocycles. The van der Waals surface area contributed by atoms with E-state index in [1.54, 1.807) is 4.90 Å². The summed E-state index contributed by atoms with van der Waals surface area (Å²) in [5.74, 6) is -0.466. The molecule has 0 N–H and O–H groups in total. The van der Waals surface area contributed by atoms with E-state index >= 15 is 0 Å². The number of hydrogen-bond acceptors (Lipinski definition) is 4. The highest BCUT2D eigenvalue weighted by molar-refractivity contribution is 8.00. The van der Waals surface area contributed by atoms with Crippen molar-refractivity contribution in [2.45, 2.75) is 24.8 Å². The number of carbonyl (C=O) groups is 2. The smallest absolute Gasteiger partial charge is 0.316 e. The molecule has 144 valence electrons. The Morgan fingerprint density at radius 3 is 2.32 bits per heavy atom. The molecule has 0 heterocycles. The quantitative estimate of drug-likeness (QED) is 0.422. The number of para-hydroxylation sites is 1. The summed E-state index contributed by atoms with van der Waals surface area (Å²) in [7, 11) is 0. The molecule has 0 bridgehead atoms. The number of thioether (sulfide) groups is 1. The Hall–Kier alpha value is -2.79. The molecule has 3 aromatic carbocycles. The van der Waals surface area contributed by atoms with Crippen molar-refractivity contribution in [3.63, 3.8) is 0 Å². The Kier molecular flexibility index (Phi) is 6.71. The number of nitrogens with zero attached hydrogens (tertiary/aromatic N) is 1. The number of fused-ring (bicyclic) bond motifs is 1. The van der Waals surface area contributed by atoms with Crippen LogP contribution in [0, 0.1) is 0 Å². The van der Waals surface area contributed by atoms with Gasteiger partial charge < -0.3 is 9.64 Å². The first kappa shape index (κ1) is 20.0. The number of anilines is 1. The molecule has 3 aromatic rings. The van der Waals surface area contributed by atoms with Crippen LogP contribution >= 0.6 is 11.8 Å². The van der Waals surface area contributed by atoms with Gasteiger partial charge in [-0.05, 0) is 48.9 Å². The standard InChI is InChI=1S/C23H23NO3S/c1-17(2)24(20-10-4-3-5-11-20)22(25)15-27-23(26)16-28-21-13-12-18-8-6-7-9-19(18)14-21/h3-14,17H,15-16H2,1-2H3. The first-order valence-electron chi connectivity index (χ1n) is 9.19. The summed E-state index contributed by atoms with van der Waals surface area (Å²) in [6.45, 7) is 3.61. The third kappa shape index (κ3) is 5.14. The summed E-state index contributed by atoms with van der Waals surface area (Å²) in [5, 5.41) is 2.29. The van der Waals surface area contributed by atoms with Crippen LogP contribution in [0.3, 0.4) is 0 Å². The first-order chi connectivity index (χ1) is 13.5. The second-order valence-corrected chi connectivity index (χ2v) is 7.70. The Bertz CT molecular complexity index is 956. The fraction of sp³-hybridized carbons (Fsp3) is 0.217. The maximum absolute atomic E-state index is 12.6. The van der Waals surface area contributed by atoms with Gasteiger partial charge >= 0.3 is 5.97 Å². The van der Waals surface area contributed by atoms with E-state index in [9.17, 15) is 9.59 Å². The molecule has 0 fully saturated rings. The molecule has 0 aliphatic carbocycles. The third-order valence-electron chi connectivity index (χ3n) is 4.25. The number of carbonyl (C=O) groups excluding carboxylic acids is 2. The Morgan fingerprint density at radius 1 is 0.929 bits per heavy atom. The summed E-state index contributed by atoms with van der Waals surface area (Å²) in [5.41, 5.74) is 0.795. The molecule has 0 atom stereocenters. The van der Waals surface area contributed by atoms with Crippen LogP contribution in [-0.4, -0.2) is 30.3 Å². The molecule has 0 saturated heterocycles. The number of rotatable bonds is 7. The normalized spacial score (nSPS) is 10.8. The van der Waals surface area contributed by atoms with E-state index in [4.69, 9.17) is 4.74 Å². The average molecular weight is 394 g/mol. The lowest BCUT2D eigenvalue weighted by Crippen LogP contribution is -2.40. The fourth-order valence-electron chi connectivity index (χ4n) is 2.97. The first-order valence-corrected chi connectivity index (χ1v) is 10.2. The van der Waals surface area contributed by atoms with E-state index < -0.39 is 5.97 Å². The van der Waals surface area contributed by atoms with E-state index in [2.05, 4.69) is 6.07 Å². The molecule has 3 rings (SSSR count). The van der Waals surface area contributed by atoms with Crippen LogP contribution in [0.2, 0.25) is 0 Å². The Morgan fingerprint density at radius 2 is 1.61 bits per heavy atom. The van der Waals surface area contributed by atoms with Crippen LogP contribution < -0.4 is 4.90 Å². The predicted molar refractivity (Wildman–Crippen MR) is 115 cm³/mol. The average Bonchev–Trinajstić information content (AvgIpc) is 2.71. The van der Waals surface area contributed by atoms with Gasteiger partial charge in [0.15, 0.2) is 6.61 Å². The van der Waals surface area contributed by atoms with Gasteiger partial charge in [-0.25, -0.2) is 0 Å². The maximum atomic E-state index is 12.6. The van der Waals surface area contributed by atoms with Crippen molar-refractivity contribution in [3.8, 4) is 0 Å².